The Hall–Kier alpha value is -2.40. The van der Waals surface area contributed by atoms with E-state index in [0.717, 1.165) is 11.1 Å². The minimum Gasteiger partial charge on any atom is -0.494 e. The van der Waals surface area contributed by atoms with E-state index < -0.39 is 0 Å². The number of nitrogens with zero attached hydrogens (tertiary/aromatic N) is 1. The molecule has 0 spiro atoms. The van der Waals surface area contributed by atoms with E-state index in [1.807, 2.05) is 49.1 Å². The van der Waals surface area contributed by atoms with Crippen molar-refractivity contribution in [1.29, 1.82) is 0 Å². The molecule has 0 atom stereocenters. The molecule has 5 heteroatoms. The van der Waals surface area contributed by atoms with E-state index in [0.29, 0.717) is 19.6 Å². The molecule has 0 radical (unpaired) electrons. The molecule has 0 aromatic heterocycles. The molecule has 2 aromatic rings. The second kappa shape index (κ2) is 9.18. The van der Waals surface area contributed by atoms with Gasteiger partial charge in [0.2, 0.25) is 5.91 Å². The lowest BCUT2D eigenvalue weighted by molar-refractivity contribution is -0.122. The van der Waals surface area contributed by atoms with E-state index in [1.165, 1.54) is 18.7 Å². The summed E-state index contributed by atoms with van der Waals surface area (Å²) in [6.45, 7) is 6.00. The van der Waals surface area contributed by atoms with Gasteiger partial charge in [-0.3, -0.25) is 9.69 Å². The van der Waals surface area contributed by atoms with Crippen LogP contribution in [-0.4, -0.2) is 31.0 Å². The molecule has 0 aliphatic carbocycles. The van der Waals surface area contributed by atoms with Crippen LogP contribution in [0.2, 0.25) is 0 Å². The molecule has 2 aromatic carbocycles. The number of likely N-dealkylation sites (N-methyl/N-ethyl adjacent to an activating group) is 1. The quantitative estimate of drug-likeness (QED) is 0.799. The fraction of sp³-hybridized carbons (Fsp3) is 0.350. The minimum absolute atomic E-state index is 0.0450. The van der Waals surface area contributed by atoms with Gasteiger partial charge in [0.1, 0.15) is 0 Å². The first-order valence-corrected chi connectivity index (χ1v) is 8.38. The van der Waals surface area contributed by atoms with Crippen LogP contribution in [0, 0.1) is 12.7 Å². The molecule has 0 unspecified atom stereocenters. The van der Waals surface area contributed by atoms with Crippen LogP contribution in [-0.2, 0) is 17.9 Å². The Bertz CT molecular complexity index is 701. The van der Waals surface area contributed by atoms with Gasteiger partial charge in [-0.05, 0) is 36.7 Å². The largest absolute Gasteiger partial charge is 0.494 e. The number of hydrogen-bond acceptors (Lipinski definition) is 3. The fourth-order valence-corrected chi connectivity index (χ4v) is 2.51. The van der Waals surface area contributed by atoms with Crippen molar-refractivity contribution in [2.45, 2.75) is 26.9 Å². The summed E-state index contributed by atoms with van der Waals surface area (Å²) in [5.41, 5.74) is 3.07. The van der Waals surface area contributed by atoms with Gasteiger partial charge in [0.15, 0.2) is 11.6 Å². The van der Waals surface area contributed by atoms with Crippen molar-refractivity contribution in [3.8, 4) is 5.75 Å². The molecule has 0 bridgehead atoms. The maximum atomic E-state index is 13.8. The summed E-state index contributed by atoms with van der Waals surface area (Å²) < 4.78 is 18.7. The predicted molar refractivity (Wildman–Crippen MR) is 96.9 cm³/mol. The summed E-state index contributed by atoms with van der Waals surface area (Å²) in [7, 11) is 1.44. The molecule has 0 aliphatic rings. The van der Waals surface area contributed by atoms with Crippen molar-refractivity contribution in [2.75, 3.05) is 20.2 Å². The van der Waals surface area contributed by atoms with Gasteiger partial charge >= 0.3 is 0 Å². The van der Waals surface area contributed by atoms with Crippen LogP contribution in [0.3, 0.4) is 0 Å². The highest BCUT2D eigenvalue weighted by molar-refractivity contribution is 5.78. The van der Waals surface area contributed by atoms with Crippen molar-refractivity contribution in [3.05, 3.63) is 65.0 Å². The summed E-state index contributed by atoms with van der Waals surface area (Å²) in [5, 5.41) is 2.92. The molecule has 0 heterocycles. The third-order valence-electron chi connectivity index (χ3n) is 4.05. The molecular formula is C20H25FN2O2. The topological polar surface area (TPSA) is 41.6 Å². The molecule has 1 amide bonds. The number of methoxy groups -OCH3 is 1. The highest BCUT2D eigenvalue weighted by Gasteiger charge is 2.11. The average molecular weight is 344 g/mol. The SMILES string of the molecule is CCN(CC(=O)NCc1ccc(C)cc1)Cc1ccc(OC)c(F)c1. The molecule has 0 aliphatic heterocycles. The number of aryl methyl sites for hydroxylation is 1. The van der Waals surface area contributed by atoms with Gasteiger partial charge in [0, 0.05) is 13.1 Å². The van der Waals surface area contributed by atoms with E-state index in [-0.39, 0.29) is 24.0 Å². The zero-order chi connectivity index (χ0) is 18.2. The number of amides is 1. The standard InChI is InChI=1S/C20H25FN2O2/c1-4-23(13-17-9-10-19(25-3)18(21)11-17)14-20(24)22-12-16-7-5-15(2)6-8-16/h5-11H,4,12-14H2,1-3H3,(H,22,24). The summed E-state index contributed by atoms with van der Waals surface area (Å²) in [4.78, 5) is 14.1. The number of carbonyl (C=O) groups is 1. The Labute approximate surface area is 148 Å². The zero-order valence-corrected chi connectivity index (χ0v) is 15.0. The van der Waals surface area contributed by atoms with E-state index in [9.17, 15) is 9.18 Å². The third-order valence-corrected chi connectivity index (χ3v) is 4.05. The second-order valence-electron chi connectivity index (χ2n) is 6.03. The lowest BCUT2D eigenvalue weighted by atomic mass is 10.1. The number of benzene rings is 2. The van der Waals surface area contributed by atoms with Crippen molar-refractivity contribution >= 4 is 5.91 Å². The first-order valence-electron chi connectivity index (χ1n) is 8.38. The monoisotopic (exact) mass is 344 g/mol. The molecule has 2 rings (SSSR count). The van der Waals surface area contributed by atoms with Crippen LogP contribution in [0.4, 0.5) is 4.39 Å². The number of nitrogens with one attached hydrogen (secondary N) is 1. The Kier molecular flexibility index (Phi) is 6.95. The molecule has 0 saturated carbocycles. The number of rotatable bonds is 8. The van der Waals surface area contributed by atoms with Crippen LogP contribution in [0.5, 0.6) is 5.75 Å². The Morgan fingerprint density at radius 1 is 1.16 bits per heavy atom. The first-order chi connectivity index (χ1) is 12.0. The summed E-state index contributed by atoms with van der Waals surface area (Å²) in [6, 6.07) is 12.9. The van der Waals surface area contributed by atoms with Crippen LogP contribution in [0.15, 0.2) is 42.5 Å². The van der Waals surface area contributed by atoms with Crippen LogP contribution < -0.4 is 10.1 Å². The molecule has 134 valence electrons. The lowest BCUT2D eigenvalue weighted by Crippen LogP contribution is -2.36. The van der Waals surface area contributed by atoms with Crippen LogP contribution in [0.25, 0.3) is 0 Å². The molecule has 4 nitrogen and oxygen atoms in total. The normalized spacial score (nSPS) is 10.8. The maximum Gasteiger partial charge on any atom is 0.234 e. The fourth-order valence-electron chi connectivity index (χ4n) is 2.51. The van der Waals surface area contributed by atoms with Crippen molar-refractivity contribution < 1.29 is 13.9 Å². The molecule has 0 fully saturated rings. The molecule has 25 heavy (non-hydrogen) atoms. The number of halogens is 1. The summed E-state index contributed by atoms with van der Waals surface area (Å²) in [6.07, 6.45) is 0. The van der Waals surface area contributed by atoms with Gasteiger partial charge in [0.05, 0.1) is 13.7 Å². The number of carbonyl (C=O) groups excluding carboxylic acids is 1. The third kappa shape index (κ3) is 5.87. The van der Waals surface area contributed by atoms with Gasteiger partial charge < -0.3 is 10.1 Å². The average Bonchev–Trinajstić information content (AvgIpc) is 2.61. The summed E-state index contributed by atoms with van der Waals surface area (Å²) in [5.74, 6) is -0.209. The summed E-state index contributed by atoms with van der Waals surface area (Å²) >= 11 is 0. The number of hydrogen-bond donors (Lipinski definition) is 1. The lowest BCUT2D eigenvalue weighted by Gasteiger charge is -2.20. The van der Waals surface area contributed by atoms with Crippen molar-refractivity contribution in [2.24, 2.45) is 0 Å². The maximum absolute atomic E-state index is 13.8. The minimum atomic E-state index is -0.389. The number of ether oxygens (including phenoxy) is 1. The van der Waals surface area contributed by atoms with E-state index >= 15 is 0 Å². The predicted octanol–water partition coefficient (Wildman–Crippen LogP) is 3.28. The van der Waals surface area contributed by atoms with Gasteiger partial charge in [-0.15, -0.1) is 0 Å². The van der Waals surface area contributed by atoms with Gasteiger partial charge in [-0.25, -0.2) is 4.39 Å². The highest BCUT2D eigenvalue weighted by atomic mass is 19.1. The van der Waals surface area contributed by atoms with Crippen LogP contribution in [0.1, 0.15) is 23.6 Å². The molecular weight excluding hydrogens is 319 g/mol. The van der Waals surface area contributed by atoms with Gasteiger partial charge in [-0.1, -0.05) is 42.8 Å². The van der Waals surface area contributed by atoms with E-state index in [2.05, 4.69) is 5.32 Å². The van der Waals surface area contributed by atoms with E-state index in [1.54, 1.807) is 6.07 Å². The first kappa shape index (κ1) is 18.9. The second-order valence-corrected chi connectivity index (χ2v) is 6.03. The molecule has 0 saturated heterocycles. The Balaban J connectivity index is 1.86. The van der Waals surface area contributed by atoms with Gasteiger partial charge in [-0.2, -0.15) is 0 Å². The Morgan fingerprint density at radius 3 is 2.44 bits per heavy atom. The smallest absolute Gasteiger partial charge is 0.234 e. The molecule has 1 N–H and O–H groups in total. The highest BCUT2D eigenvalue weighted by Crippen LogP contribution is 2.18. The van der Waals surface area contributed by atoms with Gasteiger partial charge in [0.25, 0.3) is 0 Å². The van der Waals surface area contributed by atoms with Crippen molar-refractivity contribution in [3.63, 3.8) is 0 Å². The van der Waals surface area contributed by atoms with E-state index in [4.69, 9.17) is 4.74 Å². The van der Waals surface area contributed by atoms with Crippen LogP contribution >= 0.6 is 0 Å². The zero-order valence-electron chi connectivity index (χ0n) is 15.0. The van der Waals surface area contributed by atoms with Crippen molar-refractivity contribution in [1.82, 2.24) is 10.2 Å². The Morgan fingerprint density at radius 2 is 1.84 bits per heavy atom.